The molecule has 0 bridgehead atoms. The molecule has 0 fully saturated rings. The summed E-state index contributed by atoms with van der Waals surface area (Å²) in [5.74, 6) is 0.634. The largest absolute Gasteiger partial charge is 0.335 e. The molecule has 3 N–H and O–H groups in total. The van der Waals surface area contributed by atoms with Crippen LogP contribution in [-0.2, 0) is 4.79 Å². The molecule has 8 nitrogen and oxygen atoms in total. The minimum absolute atomic E-state index is 0.0455. The SMILES string of the molecule is CCC(=O)Nc1cncc(-c2ccc3[nH]nc(-c4nc5ccncc5[nH]4)c3c2)c1. The Bertz CT molecular complexity index is 1320. The van der Waals surface area contributed by atoms with Gasteiger partial charge in [0.2, 0.25) is 5.91 Å². The molecule has 0 saturated carbocycles. The van der Waals surface area contributed by atoms with Crippen molar-refractivity contribution in [3.05, 3.63) is 55.1 Å². The Morgan fingerprint density at radius 3 is 2.83 bits per heavy atom. The number of nitrogens with zero attached hydrogens (tertiary/aromatic N) is 4. The Hall–Kier alpha value is -4.07. The zero-order chi connectivity index (χ0) is 19.8. The minimum atomic E-state index is -0.0455. The number of fused-ring (bicyclic) bond motifs is 2. The van der Waals surface area contributed by atoms with E-state index in [4.69, 9.17) is 0 Å². The summed E-state index contributed by atoms with van der Waals surface area (Å²) in [5, 5.41) is 11.3. The van der Waals surface area contributed by atoms with Crippen LogP contribution < -0.4 is 5.32 Å². The summed E-state index contributed by atoms with van der Waals surface area (Å²) in [6, 6.07) is 9.78. The second kappa shape index (κ2) is 6.83. The molecular formula is C21H17N7O. The van der Waals surface area contributed by atoms with Crippen molar-refractivity contribution < 1.29 is 4.79 Å². The molecule has 142 valence electrons. The lowest BCUT2D eigenvalue weighted by molar-refractivity contribution is -0.115. The van der Waals surface area contributed by atoms with Gasteiger partial charge in [0.05, 0.1) is 34.6 Å². The molecule has 0 radical (unpaired) electrons. The number of hydrogen-bond acceptors (Lipinski definition) is 5. The Morgan fingerprint density at radius 2 is 1.97 bits per heavy atom. The van der Waals surface area contributed by atoms with Crippen LogP contribution in [0.3, 0.4) is 0 Å². The normalized spacial score (nSPS) is 11.2. The van der Waals surface area contributed by atoms with E-state index in [0.717, 1.165) is 38.8 Å². The van der Waals surface area contributed by atoms with Gasteiger partial charge in [0, 0.05) is 29.8 Å². The van der Waals surface area contributed by atoms with Gasteiger partial charge in [-0.1, -0.05) is 13.0 Å². The maximum absolute atomic E-state index is 11.7. The average molecular weight is 383 g/mol. The first-order valence-corrected chi connectivity index (χ1v) is 9.25. The monoisotopic (exact) mass is 383 g/mol. The van der Waals surface area contributed by atoms with Crippen molar-refractivity contribution in [1.29, 1.82) is 0 Å². The molecule has 0 aliphatic rings. The fourth-order valence-corrected chi connectivity index (χ4v) is 3.26. The summed E-state index contributed by atoms with van der Waals surface area (Å²) in [6.45, 7) is 1.81. The number of aromatic nitrogens is 6. The fourth-order valence-electron chi connectivity index (χ4n) is 3.26. The highest BCUT2D eigenvalue weighted by molar-refractivity contribution is 5.96. The number of imidazole rings is 1. The zero-order valence-corrected chi connectivity index (χ0v) is 15.6. The molecule has 0 spiro atoms. The highest BCUT2D eigenvalue weighted by Crippen LogP contribution is 2.30. The molecule has 0 aliphatic heterocycles. The minimum Gasteiger partial charge on any atom is -0.335 e. The lowest BCUT2D eigenvalue weighted by Crippen LogP contribution is -2.09. The van der Waals surface area contributed by atoms with Crippen molar-refractivity contribution in [2.45, 2.75) is 13.3 Å². The highest BCUT2D eigenvalue weighted by Gasteiger charge is 2.14. The van der Waals surface area contributed by atoms with Gasteiger partial charge in [0.25, 0.3) is 0 Å². The number of H-pyrrole nitrogens is 2. The van der Waals surface area contributed by atoms with Gasteiger partial charge < -0.3 is 10.3 Å². The Balaban J connectivity index is 1.58. The standard InChI is InChI=1S/C21H17N7O/c1-2-19(29)24-14-7-13(9-23-10-14)12-3-4-16-15(8-12)20(28-27-16)21-25-17-5-6-22-11-18(17)26-21/h3-11H,2H2,1H3,(H,24,29)(H,25,26)(H,27,28). The number of pyridine rings is 2. The number of amides is 1. The first-order chi connectivity index (χ1) is 14.2. The van der Waals surface area contributed by atoms with Crippen molar-refractivity contribution in [3.63, 3.8) is 0 Å². The van der Waals surface area contributed by atoms with E-state index >= 15 is 0 Å². The third kappa shape index (κ3) is 3.10. The summed E-state index contributed by atoms with van der Waals surface area (Å²) in [5.41, 5.74) is 5.89. The first kappa shape index (κ1) is 17.1. The van der Waals surface area contributed by atoms with Gasteiger partial charge in [-0.3, -0.25) is 19.9 Å². The van der Waals surface area contributed by atoms with Gasteiger partial charge in [-0.15, -0.1) is 0 Å². The number of nitrogens with one attached hydrogen (secondary N) is 3. The van der Waals surface area contributed by atoms with Gasteiger partial charge in [0.1, 0.15) is 5.69 Å². The number of carbonyl (C=O) groups is 1. The van der Waals surface area contributed by atoms with E-state index in [1.807, 2.05) is 37.3 Å². The topological polar surface area (TPSA) is 112 Å². The number of anilines is 1. The number of rotatable bonds is 4. The predicted molar refractivity (Wildman–Crippen MR) is 111 cm³/mol. The van der Waals surface area contributed by atoms with Crippen LogP contribution in [0.2, 0.25) is 0 Å². The summed E-state index contributed by atoms with van der Waals surface area (Å²) >= 11 is 0. The van der Waals surface area contributed by atoms with Crippen LogP contribution in [0.15, 0.2) is 55.1 Å². The number of hydrogen-bond donors (Lipinski definition) is 3. The maximum atomic E-state index is 11.7. The molecule has 8 heteroatoms. The quantitative estimate of drug-likeness (QED) is 0.435. The molecule has 0 saturated heterocycles. The first-order valence-electron chi connectivity index (χ1n) is 9.25. The molecule has 0 aliphatic carbocycles. The van der Waals surface area contributed by atoms with Crippen molar-refractivity contribution >= 4 is 33.5 Å². The van der Waals surface area contributed by atoms with E-state index in [0.29, 0.717) is 17.9 Å². The Morgan fingerprint density at radius 1 is 1.03 bits per heavy atom. The van der Waals surface area contributed by atoms with E-state index in [1.54, 1.807) is 24.8 Å². The zero-order valence-electron chi connectivity index (χ0n) is 15.6. The molecule has 0 atom stereocenters. The van der Waals surface area contributed by atoms with Gasteiger partial charge >= 0.3 is 0 Å². The summed E-state index contributed by atoms with van der Waals surface area (Å²) in [6.07, 6.45) is 7.29. The molecular weight excluding hydrogens is 366 g/mol. The van der Waals surface area contributed by atoms with E-state index in [-0.39, 0.29) is 5.91 Å². The van der Waals surface area contributed by atoms with Crippen LogP contribution in [0.1, 0.15) is 13.3 Å². The van der Waals surface area contributed by atoms with E-state index in [1.165, 1.54) is 0 Å². The van der Waals surface area contributed by atoms with E-state index < -0.39 is 0 Å². The molecule has 0 unspecified atom stereocenters. The molecule has 5 rings (SSSR count). The summed E-state index contributed by atoms with van der Waals surface area (Å²) < 4.78 is 0. The Kier molecular flexibility index (Phi) is 4.02. The number of aromatic amines is 2. The molecule has 29 heavy (non-hydrogen) atoms. The second-order valence-electron chi connectivity index (χ2n) is 6.67. The van der Waals surface area contributed by atoms with Gasteiger partial charge in [-0.05, 0) is 29.8 Å². The average Bonchev–Trinajstić information content (AvgIpc) is 3.37. The highest BCUT2D eigenvalue weighted by atomic mass is 16.1. The molecule has 1 amide bonds. The molecule has 5 aromatic rings. The fraction of sp³-hybridized carbons (Fsp3) is 0.0952. The summed E-state index contributed by atoms with van der Waals surface area (Å²) in [4.78, 5) is 28.0. The summed E-state index contributed by atoms with van der Waals surface area (Å²) in [7, 11) is 0. The number of carbonyl (C=O) groups excluding carboxylic acids is 1. The second-order valence-corrected chi connectivity index (χ2v) is 6.67. The van der Waals surface area contributed by atoms with Crippen LogP contribution in [0, 0.1) is 0 Å². The lowest BCUT2D eigenvalue weighted by Gasteiger charge is -2.06. The van der Waals surface area contributed by atoms with Crippen LogP contribution in [0.25, 0.3) is 44.6 Å². The smallest absolute Gasteiger partial charge is 0.224 e. The Labute approximate surface area is 165 Å². The van der Waals surface area contributed by atoms with E-state index in [2.05, 4.69) is 35.5 Å². The molecule has 1 aromatic carbocycles. The van der Waals surface area contributed by atoms with Gasteiger partial charge in [-0.2, -0.15) is 5.10 Å². The third-order valence-electron chi connectivity index (χ3n) is 4.75. The van der Waals surface area contributed by atoms with Crippen molar-refractivity contribution in [3.8, 4) is 22.6 Å². The van der Waals surface area contributed by atoms with Gasteiger partial charge in [0.15, 0.2) is 5.82 Å². The van der Waals surface area contributed by atoms with Crippen LogP contribution in [-0.4, -0.2) is 36.0 Å². The van der Waals surface area contributed by atoms with Crippen LogP contribution in [0.4, 0.5) is 5.69 Å². The third-order valence-corrected chi connectivity index (χ3v) is 4.75. The van der Waals surface area contributed by atoms with Crippen LogP contribution >= 0.6 is 0 Å². The molecule has 4 heterocycles. The van der Waals surface area contributed by atoms with Gasteiger partial charge in [-0.25, -0.2) is 4.98 Å². The van der Waals surface area contributed by atoms with Crippen molar-refractivity contribution in [1.82, 2.24) is 30.1 Å². The van der Waals surface area contributed by atoms with Crippen LogP contribution in [0.5, 0.6) is 0 Å². The molecule has 4 aromatic heterocycles. The van der Waals surface area contributed by atoms with E-state index in [9.17, 15) is 4.79 Å². The lowest BCUT2D eigenvalue weighted by atomic mass is 10.0. The van der Waals surface area contributed by atoms with Crippen molar-refractivity contribution in [2.75, 3.05) is 5.32 Å². The predicted octanol–water partition coefficient (Wildman–Crippen LogP) is 3.91. The number of benzene rings is 1. The van der Waals surface area contributed by atoms with Crippen molar-refractivity contribution in [2.24, 2.45) is 0 Å². The maximum Gasteiger partial charge on any atom is 0.224 e.